The van der Waals surface area contributed by atoms with E-state index < -0.39 is 8.01 Å². The molecule has 2 aromatic carbocycles. The van der Waals surface area contributed by atoms with E-state index in [1.54, 1.807) is 0 Å². The van der Waals surface area contributed by atoms with Gasteiger partial charge in [-0.25, -0.2) is 0 Å². The van der Waals surface area contributed by atoms with Crippen molar-refractivity contribution in [1.29, 1.82) is 0 Å². The standard InChI is InChI=1S/C21H23O2P/c1-24-22-18-12-10-14-6-2-4-8-16(14)20(18)21-17-9-5-3-7-15(17)11-13-19(21)23-24/h10-13H,2-9H2,1H3. The van der Waals surface area contributed by atoms with Crippen molar-refractivity contribution in [3.8, 4) is 0 Å². The van der Waals surface area contributed by atoms with Crippen LogP contribution in [0, 0.1) is 0 Å². The van der Waals surface area contributed by atoms with Gasteiger partial charge in [-0.05, 0) is 85.8 Å². The minimum absolute atomic E-state index is 0.918. The molecule has 0 aliphatic heterocycles. The van der Waals surface area contributed by atoms with E-state index in [2.05, 4.69) is 30.9 Å². The maximum atomic E-state index is 6.24. The maximum Gasteiger partial charge on any atom is 0.213 e. The van der Waals surface area contributed by atoms with Crippen LogP contribution in [0.4, 0.5) is 0 Å². The van der Waals surface area contributed by atoms with Gasteiger partial charge in [0.1, 0.15) is 11.2 Å². The quantitative estimate of drug-likeness (QED) is 0.462. The van der Waals surface area contributed by atoms with Crippen LogP contribution in [0.2, 0.25) is 0 Å². The molecular formula is C21H23O2P. The highest BCUT2D eigenvalue weighted by Crippen LogP contribution is 2.41. The lowest BCUT2D eigenvalue weighted by Gasteiger charge is -2.20. The molecule has 0 fully saturated rings. The van der Waals surface area contributed by atoms with Crippen molar-refractivity contribution in [1.82, 2.24) is 0 Å². The predicted octanol–water partition coefficient (Wildman–Crippen LogP) is 6.58. The summed E-state index contributed by atoms with van der Waals surface area (Å²) < 4.78 is 12.5. The average Bonchev–Trinajstić information content (AvgIpc) is 2.77. The molecule has 124 valence electrons. The second-order valence-corrected chi connectivity index (χ2v) is 8.43. The molecule has 1 heterocycles. The molecule has 0 N–H and O–H groups in total. The number of rotatable bonds is 0. The molecule has 2 aliphatic carbocycles. The van der Waals surface area contributed by atoms with E-state index in [-0.39, 0.29) is 0 Å². The molecule has 0 saturated carbocycles. The summed E-state index contributed by atoms with van der Waals surface area (Å²) in [6, 6.07) is 8.96. The Morgan fingerprint density at radius 3 is 1.62 bits per heavy atom. The highest BCUT2D eigenvalue weighted by Gasteiger charge is 2.20. The molecule has 0 amide bonds. The fraction of sp³-hybridized carbons (Fsp3) is 0.429. The first-order valence-corrected chi connectivity index (χ1v) is 10.8. The molecule has 5 rings (SSSR count). The Balaban J connectivity index is 2.03. The van der Waals surface area contributed by atoms with E-state index >= 15 is 0 Å². The lowest BCUT2D eigenvalue weighted by molar-refractivity contribution is 0.641. The number of hydrogen-bond donors (Lipinski definition) is 0. The van der Waals surface area contributed by atoms with Crippen molar-refractivity contribution in [3.05, 3.63) is 46.5 Å². The molecule has 0 atom stereocenters. The first-order valence-electron chi connectivity index (χ1n) is 9.21. The van der Waals surface area contributed by atoms with Gasteiger partial charge in [-0.15, -0.1) is 0 Å². The Kier molecular flexibility index (Phi) is 3.49. The fourth-order valence-corrected chi connectivity index (χ4v) is 5.50. The predicted molar refractivity (Wildman–Crippen MR) is 101 cm³/mol. The zero-order chi connectivity index (χ0) is 16.1. The zero-order valence-corrected chi connectivity index (χ0v) is 15.1. The Hall–Kier alpha value is -1.66. The third-order valence-corrected chi connectivity index (χ3v) is 6.60. The summed E-state index contributed by atoms with van der Waals surface area (Å²) >= 11 is 0. The van der Waals surface area contributed by atoms with Crippen LogP contribution >= 0.6 is 8.01 Å². The first kappa shape index (κ1) is 14.7. The molecule has 0 bridgehead atoms. The van der Waals surface area contributed by atoms with Crippen LogP contribution in [0.25, 0.3) is 21.9 Å². The van der Waals surface area contributed by atoms with E-state index in [1.807, 2.05) is 0 Å². The van der Waals surface area contributed by atoms with E-state index in [0.29, 0.717) is 0 Å². The van der Waals surface area contributed by atoms with Crippen LogP contribution in [0.1, 0.15) is 47.9 Å². The summed E-state index contributed by atoms with van der Waals surface area (Å²) in [5.74, 6) is 0. The Bertz CT molecular complexity index is 906. The smallest absolute Gasteiger partial charge is 0.213 e. The number of benzene rings is 2. The summed E-state index contributed by atoms with van der Waals surface area (Å²) in [5, 5.41) is 2.71. The van der Waals surface area contributed by atoms with Crippen molar-refractivity contribution in [2.45, 2.75) is 51.4 Å². The van der Waals surface area contributed by atoms with Crippen LogP contribution in [0.5, 0.6) is 0 Å². The molecule has 3 aromatic rings. The van der Waals surface area contributed by atoms with Gasteiger partial charge in [0.2, 0.25) is 8.01 Å². The summed E-state index contributed by atoms with van der Waals surface area (Å²) in [5.41, 5.74) is 8.17. The average molecular weight is 338 g/mol. The van der Waals surface area contributed by atoms with E-state index in [1.165, 1.54) is 84.4 Å². The minimum Gasteiger partial charge on any atom is -0.419 e. The van der Waals surface area contributed by atoms with Crippen molar-refractivity contribution >= 4 is 30.0 Å². The highest BCUT2D eigenvalue weighted by molar-refractivity contribution is 7.35. The molecular weight excluding hydrogens is 315 g/mol. The van der Waals surface area contributed by atoms with E-state index in [9.17, 15) is 0 Å². The van der Waals surface area contributed by atoms with Crippen molar-refractivity contribution in [2.75, 3.05) is 0 Å². The van der Waals surface area contributed by atoms with Crippen molar-refractivity contribution in [2.24, 2.45) is 6.66 Å². The van der Waals surface area contributed by atoms with Gasteiger partial charge in [0.25, 0.3) is 0 Å². The van der Waals surface area contributed by atoms with Gasteiger partial charge in [-0.2, -0.15) is 0 Å². The van der Waals surface area contributed by atoms with Crippen LogP contribution in [-0.4, -0.2) is 0 Å². The normalized spacial score (nSPS) is 16.9. The van der Waals surface area contributed by atoms with Crippen molar-refractivity contribution < 1.29 is 8.39 Å². The Labute approximate surface area is 143 Å². The zero-order valence-electron chi connectivity index (χ0n) is 14.2. The lowest BCUT2D eigenvalue weighted by Crippen LogP contribution is -2.05. The monoisotopic (exact) mass is 338 g/mol. The molecule has 0 unspecified atom stereocenters. The summed E-state index contributed by atoms with van der Waals surface area (Å²) in [7, 11) is -0.918. The SMILES string of the molecule is Cp1oc2ccc3c(c2c2c4c(ccc2o1)CCCC4)CCCC3. The van der Waals surface area contributed by atoms with Crippen LogP contribution in [0.15, 0.2) is 32.7 Å². The van der Waals surface area contributed by atoms with Gasteiger partial charge in [0, 0.05) is 17.4 Å². The number of aryl methyl sites for hydroxylation is 5. The fourth-order valence-electron chi connectivity index (χ4n) is 4.61. The van der Waals surface area contributed by atoms with Crippen LogP contribution in [-0.2, 0) is 32.3 Å². The Morgan fingerprint density at radius 1 is 0.667 bits per heavy atom. The summed E-state index contributed by atoms with van der Waals surface area (Å²) in [6.45, 7) is 2.06. The number of hydrogen-bond acceptors (Lipinski definition) is 2. The molecule has 0 saturated heterocycles. The lowest BCUT2D eigenvalue weighted by atomic mass is 9.84. The van der Waals surface area contributed by atoms with Gasteiger partial charge < -0.3 is 8.39 Å². The maximum absolute atomic E-state index is 6.24. The highest BCUT2D eigenvalue weighted by atomic mass is 31.1. The van der Waals surface area contributed by atoms with Crippen LogP contribution < -0.4 is 0 Å². The minimum atomic E-state index is -0.918. The second kappa shape index (κ2) is 5.70. The molecule has 1 aromatic heterocycles. The summed E-state index contributed by atoms with van der Waals surface area (Å²) in [4.78, 5) is 0. The topological polar surface area (TPSA) is 26.3 Å². The van der Waals surface area contributed by atoms with E-state index in [0.717, 1.165) is 11.2 Å². The molecule has 2 nitrogen and oxygen atoms in total. The van der Waals surface area contributed by atoms with Gasteiger partial charge in [0.15, 0.2) is 0 Å². The van der Waals surface area contributed by atoms with E-state index in [4.69, 9.17) is 8.39 Å². The molecule has 0 radical (unpaired) electrons. The molecule has 3 heteroatoms. The third kappa shape index (κ3) is 2.24. The first-order chi connectivity index (χ1) is 11.8. The van der Waals surface area contributed by atoms with Gasteiger partial charge in [-0.3, -0.25) is 0 Å². The molecule has 2 aliphatic rings. The summed E-state index contributed by atoms with van der Waals surface area (Å²) in [6.07, 6.45) is 9.94. The number of fused-ring (bicyclic) bond motifs is 7. The third-order valence-electron chi connectivity index (χ3n) is 5.69. The van der Waals surface area contributed by atoms with Gasteiger partial charge in [-0.1, -0.05) is 12.1 Å². The molecule has 0 spiro atoms. The largest absolute Gasteiger partial charge is 0.419 e. The second-order valence-electron chi connectivity index (χ2n) is 7.19. The van der Waals surface area contributed by atoms with Gasteiger partial charge in [0.05, 0.1) is 0 Å². The Morgan fingerprint density at radius 2 is 1.12 bits per heavy atom. The van der Waals surface area contributed by atoms with Gasteiger partial charge >= 0.3 is 0 Å². The van der Waals surface area contributed by atoms with Crippen molar-refractivity contribution in [3.63, 3.8) is 0 Å². The van der Waals surface area contributed by atoms with Crippen LogP contribution in [0.3, 0.4) is 0 Å². The molecule has 24 heavy (non-hydrogen) atoms.